The second-order valence-electron chi connectivity index (χ2n) is 4.26. The van der Waals surface area contributed by atoms with Crippen LogP contribution in [0.15, 0.2) is 45.8 Å². The van der Waals surface area contributed by atoms with Gasteiger partial charge in [-0.3, -0.25) is 4.31 Å². The first-order valence-corrected chi connectivity index (χ1v) is 8.33. The van der Waals surface area contributed by atoms with E-state index < -0.39 is 15.8 Å². The summed E-state index contributed by atoms with van der Waals surface area (Å²) in [6.07, 6.45) is 0. The topological polar surface area (TPSA) is 63.4 Å². The molecule has 0 fully saturated rings. The lowest BCUT2D eigenvalue weighted by Crippen LogP contribution is -2.27. The molecule has 0 saturated heterocycles. The van der Waals surface area contributed by atoms with Gasteiger partial charge in [0, 0.05) is 17.8 Å². The molecule has 2 N–H and O–H groups in total. The van der Waals surface area contributed by atoms with Crippen molar-refractivity contribution in [2.75, 3.05) is 17.1 Å². The Morgan fingerprint density at radius 3 is 2.57 bits per heavy atom. The van der Waals surface area contributed by atoms with Gasteiger partial charge in [-0.15, -0.1) is 0 Å². The molecule has 0 aromatic heterocycles. The fourth-order valence-electron chi connectivity index (χ4n) is 1.73. The van der Waals surface area contributed by atoms with E-state index in [2.05, 4.69) is 15.9 Å². The van der Waals surface area contributed by atoms with Gasteiger partial charge in [0.1, 0.15) is 10.7 Å². The number of hydrogen-bond acceptors (Lipinski definition) is 3. The molecule has 112 valence electrons. The molecular weight excluding hydrogens is 383 g/mol. The molecule has 2 rings (SSSR count). The Morgan fingerprint density at radius 2 is 1.95 bits per heavy atom. The summed E-state index contributed by atoms with van der Waals surface area (Å²) in [6.45, 7) is 0. The number of nitrogens with two attached hydrogens (primary N) is 1. The van der Waals surface area contributed by atoms with Crippen molar-refractivity contribution in [3.8, 4) is 0 Å². The molecule has 4 nitrogen and oxygen atoms in total. The summed E-state index contributed by atoms with van der Waals surface area (Å²) >= 11 is 9.00. The van der Waals surface area contributed by atoms with Crippen LogP contribution in [-0.4, -0.2) is 15.5 Å². The van der Waals surface area contributed by atoms with Crippen molar-refractivity contribution in [2.45, 2.75) is 4.90 Å². The quantitative estimate of drug-likeness (QED) is 0.810. The number of nitrogens with zero attached hydrogens (tertiary/aromatic N) is 1. The van der Waals surface area contributed by atoms with Crippen molar-refractivity contribution in [1.29, 1.82) is 0 Å². The van der Waals surface area contributed by atoms with E-state index in [1.54, 1.807) is 0 Å². The van der Waals surface area contributed by atoms with Gasteiger partial charge in [-0.2, -0.15) is 0 Å². The maximum absolute atomic E-state index is 13.3. The smallest absolute Gasteiger partial charge is 0.265 e. The molecule has 0 heterocycles. The van der Waals surface area contributed by atoms with Gasteiger partial charge >= 0.3 is 0 Å². The van der Waals surface area contributed by atoms with Crippen molar-refractivity contribution in [3.05, 3.63) is 51.7 Å². The Hall–Kier alpha value is -1.31. The lowest BCUT2D eigenvalue weighted by molar-refractivity contribution is 0.593. The van der Waals surface area contributed by atoms with Gasteiger partial charge in [-0.25, -0.2) is 12.8 Å². The Bertz CT molecular complexity index is 799. The van der Waals surface area contributed by atoms with Gasteiger partial charge in [0.2, 0.25) is 0 Å². The number of anilines is 2. The van der Waals surface area contributed by atoms with E-state index in [1.807, 2.05) is 0 Å². The molecule has 0 bridgehead atoms. The summed E-state index contributed by atoms with van der Waals surface area (Å²) in [6, 6.07) is 8.00. The van der Waals surface area contributed by atoms with Crippen molar-refractivity contribution in [2.24, 2.45) is 0 Å². The minimum atomic E-state index is -3.93. The monoisotopic (exact) mass is 392 g/mol. The van der Waals surface area contributed by atoms with Gasteiger partial charge < -0.3 is 5.73 Å². The average molecular weight is 394 g/mol. The number of hydrogen-bond donors (Lipinski definition) is 1. The lowest BCUT2D eigenvalue weighted by Gasteiger charge is -2.21. The minimum absolute atomic E-state index is 0.0840. The molecule has 8 heteroatoms. The first-order chi connectivity index (χ1) is 9.73. The molecule has 2 aromatic carbocycles. The zero-order valence-corrected chi connectivity index (χ0v) is 14.0. The van der Waals surface area contributed by atoms with E-state index in [-0.39, 0.29) is 25.8 Å². The van der Waals surface area contributed by atoms with Gasteiger partial charge in [0.25, 0.3) is 10.0 Å². The third kappa shape index (κ3) is 3.14. The second-order valence-corrected chi connectivity index (χ2v) is 7.43. The molecule has 21 heavy (non-hydrogen) atoms. The molecule has 0 aliphatic heterocycles. The maximum Gasteiger partial charge on any atom is 0.265 e. The van der Waals surface area contributed by atoms with Crippen LogP contribution in [0, 0.1) is 5.82 Å². The van der Waals surface area contributed by atoms with Crippen LogP contribution in [0.3, 0.4) is 0 Å². The second kappa shape index (κ2) is 5.82. The highest BCUT2D eigenvalue weighted by molar-refractivity contribution is 9.10. The zero-order chi connectivity index (χ0) is 15.8. The van der Waals surface area contributed by atoms with E-state index in [0.717, 1.165) is 10.4 Å². The van der Waals surface area contributed by atoms with Crippen molar-refractivity contribution >= 4 is 48.9 Å². The average Bonchev–Trinajstić information content (AvgIpc) is 2.41. The fraction of sp³-hybridized carbons (Fsp3) is 0.0769. The van der Waals surface area contributed by atoms with E-state index in [9.17, 15) is 12.8 Å². The van der Waals surface area contributed by atoms with Crippen LogP contribution in [0.2, 0.25) is 5.02 Å². The lowest BCUT2D eigenvalue weighted by atomic mass is 10.3. The standard InChI is InChI=1S/C13H11BrClFN2O2S/c1-18(10-4-2-3-9(16)7-10)21(19,20)12-6-8(15)5-11(17)13(12)14/h2-7H,17H2,1H3. The van der Waals surface area contributed by atoms with Gasteiger partial charge in [-0.05, 0) is 46.3 Å². The van der Waals surface area contributed by atoms with Crippen LogP contribution in [0.25, 0.3) is 0 Å². The summed E-state index contributed by atoms with van der Waals surface area (Å²) in [5.41, 5.74) is 6.10. The first-order valence-electron chi connectivity index (χ1n) is 5.72. The number of nitrogen functional groups attached to an aromatic ring is 1. The van der Waals surface area contributed by atoms with Crippen LogP contribution in [0.4, 0.5) is 15.8 Å². The third-order valence-corrected chi connectivity index (χ3v) is 6.02. The van der Waals surface area contributed by atoms with Crippen molar-refractivity contribution in [1.82, 2.24) is 0 Å². The molecular formula is C13H11BrClFN2O2S. The van der Waals surface area contributed by atoms with E-state index in [0.29, 0.717) is 0 Å². The van der Waals surface area contributed by atoms with Crippen LogP contribution in [0.1, 0.15) is 0 Å². The van der Waals surface area contributed by atoms with E-state index >= 15 is 0 Å². The summed E-state index contributed by atoms with van der Waals surface area (Å²) in [4.78, 5) is -0.0840. The summed E-state index contributed by atoms with van der Waals surface area (Å²) in [5, 5.41) is 0.196. The summed E-state index contributed by atoms with van der Waals surface area (Å²) in [5.74, 6) is -0.528. The van der Waals surface area contributed by atoms with Crippen LogP contribution < -0.4 is 10.0 Å². The molecule has 0 aliphatic carbocycles. The van der Waals surface area contributed by atoms with Crippen LogP contribution >= 0.6 is 27.5 Å². The van der Waals surface area contributed by atoms with E-state index in [1.165, 1.54) is 37.4 Å². The Morgan fingerprint density at radius 1 is 1.29 bits per heavy atom. The summed E-state index contributed by atoms with van der Waals surface area (Å²) in [7, 11) is -2.60. The molecule has 0 amide bonds. The number of sulfonamides is 1. The molecule has 0 unspecified atom stereocenters. The molecule has 0 saturated carbocycles. The largest absolute Gasteiger partial charge is 0.398 e. The molecule has 0 spiro atoms. The molecule has 0 aliphatic rings. The maximum atomic E-state index is 13.3. The molecule has 0 radical (unpaired) electrons. The van der Waals surface area contributed by atoms with Gasteiger partial charge in [-0.1, -0.05) is 17.7 Å². The van der Waals surface area contributed by atoms with Gasteiger partial charge in [0.05, 0.1) is 10.2 Å². The highest BCUT2D eigenvalue weighted by Crippen LogP contribution is 2.34. The van der Waals surface area contributed by atoms with Crippen LogP contribution in [-0.2, 0) is 10.0 Å². The van der Waals surface area contributed by atoms with Crippen molar-refractivity contribution in [3.63, 3.8) is 0 Å². The Kier molecular flexibility index (Phi) is 4.46. The highest BCUT2D eigenvalue weighted by Gasteiger charge is 2.25. The van der Waals surface area contributed by atoms with Gasteiger partial charge in [0.15, 0.2) is 0 Å². The predicted molar refractivity (Wildman–Crippen MR) is 85.6 cm³/mol. The zero-order valence-electron chi connectivity index (χ0n) is 10.8. The molecule has 0 atom stereocenters. The van der Waals surface area contributed by atoms with Crippen LogP contribution in [0.5, 0.6) is 0 Å². The number of halogens is 3. The minimum Gasteiger partial charge on any atom is -0.398 e. The third-order valence-electron chi connectivity index (χ3n) is 2.84. The Labute approximate surface area is 135 Å². The SMILES string of the molecule is CN(c1cccc(F)c1)S(=O)(=O)c1cc(Cl)cc(N)c1Br. The number of rotatable bonds is 3. The highest BCUT2D eigenvalue weighted by atomic mass is 79.9. The Balaban J connectivity index is 2.57. The number of benzene rings is 2. The predicted octanol–water partition coefficient (Wildman–Crippen LogP) is 3.65. The fourth-order valence-corrected chi connectivity index (χ4v) is 4.17. The molecule has 2 aromatic rings. The summed E-state index contributed by atoms with van der Waals surface area (Å²) < 4.78 is 39.7. The van der Waals surface area contributed by atoms with Crippen molar-refractivity contribution < 1.29 is 12.8 Å². The first kappa shape index (κ1) is 16.1. The van der Waals surface area contributed by atoms with E-state index in [4.69, 9.17) is 17.3 Å². The normalized spacial score (nSPS) is 11.4.